The van der Waals surface area contributed by atoms with Gasteiger partial charge < -0.3 is 4.90 Å². The van der Waals surface area contributed by atoms with E-state index in [0.29, 0.717) is 6.54 Å². The van der Waals surface area contributed by atoms with E-state index in [1.807, 2.05) is 20.8 Å². The van der Waals surface area contributed by atoms with Gasteiger partial charge in [-0.3, -0.25) is 9.69 Å². The third-order valence-electron chi connectivity index (χ3n) is 2.77. The second-order valence-electron chi connectivity index (χ2n) is 5.17. The summed E-state index contributed by atoms with van der Waals surface area (Å²) < 4.78 is 0. The summed E-state index contributed by atoms with van der Waals surface area (Å²) in [7, 11) is 1.61. The fourth-order valence-corrected chi connectivity index (χ4v) is 1.90. The number of nitrogens with zero attached hydrogens (tertiary/aromatic N) is 2. The number of amides is 3. The molecule has 0 bridgehead atoms. The summed E-state index contributed by atoms with van der Waals surface area (Å²) in [4.78, 5) is 28.5. The van der Waals surface area contributed by atoms with Crippen molar-refractivity contribution in [3.8, 4) is 0 Å². The molecule has 92 valence electrons. The maximum absolute atomic E-state index is 11.7. The predicted octanol–water partition coefficient (Wildman–Crippen LogP) is 1.04. The molecule has 1 heterocycles. The first-order chi connectivity index (χ1) is 7.27. The maximum atomic E-state index is 11.7. The lowest BCUT2D eigenvalue weighted by atomic mass is 9.87. The number of likely N-dealkylation sites (N-methyl/N-ethyl adjacent to an activating group) is 1. The highest BCUT2D eigenvalue weighted by Gasteiger charge is 2.37. The zero-order valence-electron chi connectivity index (χ0n) is 10.1. The van der Waals surface area contributed by atoms with E-state index in [1.165, 1.54) is 9.80 Å². The van der Waals surface area contributed by atoms with Crippen LogP contribution < -0.4 is 4.84 Å². The second kappa shape index (κ2) is 4.59. The third kappa shape index (κ3) is 2.65. The van der Waals surface area contributed by atoms with E-state index in [-0.39, 0.29) is 29.9 Å². The average molecular weight is 248 g/mol. The molecule has 0 aromatic heterocycles. The first kappa shape index (κ1) is 13.3. The number of urea groups is 1. The number of imide groups is 1. The SMILES string of the molecule is CN1CC(=O)N(CC(NCl)C(C)(C)C)C1=O. The lowest BCUT2D eigenvalue weighted by molar-refractivity contribution is -0.125. The molecule has 0 aromatic carbocycles. The Morgan fingerprint density at radius 1 is 1.44 bits per heavy atom. The number of nitrogens with one attached hydrogen (secondary N) is 1. The molecule has 1 aliphatic rings. The minimum absolute atomic E-state index is 0.122. The Morgan fingerprint density at radius 3 is 2.31 bits per heavy atom. The van der Waals surface area contributed by atoms with Crippen molar-refractivity contribution in [2.75, 3.05) is 20.1 Å². The zero-order valence-corrected chi connectivity index (χ0v) is 10.8. The van der Waals surface area contributed by atoms with E-state index < -0.39 is 0 Å². The molecular weight excluding hydrogens is 230 g/mol. The van der Waals surface area contributed by atoms with Gasteiger partial charge in [-0.25, -0.2) is 9.63 Å². The molecule has 5 nitrogen and oxygen atoms in total. The minimum atomic E-state index is -0.258. The number of rotatable bonds is 3. The normalized spacial score (nSPS) is 19.6. The van der Waals surface area contributed by atoms with Crippen LogP contribution in [0.25, 0.3) is 0 Å². The van der Waals surface area contributed by atoms with E-state index in [2.05, 4.69) is 4.84 Å². The van der Waals surface area contributed by atoms with Crippen molar-refractivity contribution in [3.05, 3.63) is 0 Å². The summed E-state index contributed by atoms with van der Waals surface area (Å²) in [6, 6.07) is -0.389. The quantitative estimate of drug-likeness (QED) is 0.599. The van der Waals surface area contributed by atoms with Gasteiger partial charge in [-0.1, -0.05) is 20.8 Å². The van der Waals surface area contributed by atoms with Crippen LogP contribution in [0.3, 0.4) is 0 Å². The Balaban J connectivity index is 2.73. The average Bonchev–Trinajstić information content (AvgIpc) is 2.37. The van der Waals surface area contributed by atoms with E-state index in [1.54, 1.807) is 7.05 Å². The van der Waals surface area contributed by atoms with Crippen molar-refractivity contribution < 1.29 is 9.59 Å². The van der Waals surface area contributed by atoms with Crippen LogP contribution in [-0.2, 0) is 4.79 Å². The minimum Gasteiger partial charge on any atom is -0.318 e. The van der Waals surface area contributed by atoms with Crippen LogP contribution in [0.2, 0.25) is 0 Å². The summed E-state index contributed by atoms with van der Waals surface area (Å²) in [6.45, 7) is 6.46. The van der Waals surface area contributed by atoms with Crippen LogP contribution in [0.5, 0.6) is 0 Å². The topological polar surface area (TPSA) is 52.7 Å². The monoisotopic (exact) mass is 247 g/mol. The molecule has 1 fully saturated rings. The highest BCUT2D eigenvalue weighted by molar-refractivity contribution is 6.13. The van der Waals surface area contributed by atoms with Gasteiger partial charge in [-0.2, -0.15) is 0 Å². The fourth-order valence-electron chi connectivity index (χ4n) is 1.50. The van der Waals surface area contributed by atoms with Gasteiger partial charge in [0.15, 0.2) is 0 Å². The Labute approximate surface area is 101 Å². The standard InChI is InChI=1S/C10H18ClN3O2/c1-10(2,3)7(12-11)5-14-8(15)6-13(4)9(14)16/h7,12H,5-6H2,1-4H3. The first-order valence-corrected chi connectivity index (χ1v) is 5.56. The summed E-state index contributed by atoms with van der Waals surface area (Å²) in [5.41, 5.74) is -0.122. The molecule has 1 unspecified atom stereocenters. The molecule has 6 heteroatoms. The van der Waals surface area contributed by atoms with Crippen molar-refractivity contribution in [3.63, 3.8) is 0 Å². The molecule has 1 N–H and O–H groups in total. The smallest absolute Gasteiger partial charge is 0.318 e. The second-order valence-corrected chi connectivity index (χ2v) is 5.39. The summed E-state index contributed by atoms with van der Waals surface area (Å²) in [5, 5.41) is 0. The zero-order chi connectivity index (χ0) is 12.5. The lowest BCUT2D eigenvalue weighted by Crippen LogP contribution is -2.47. The molecule has 1 rings (SSSR count). The molecule has 0 radical (unpaired) electrons. The number of carbonyl (C=O) groups is 2. The Kier molecular flexibility index (Phi) is 3.80. The molecule has 1 saturated heterocycles. The molecule has 16 heavy (non-hydrogen) atoms. The summed E-state index contributed by atoms with van der Waals surface area (Å²) in [5.74, 6) is -0.173. The van der Waals surface area contributed by atoms with Gasteiger partial charge in [0.2, 0.25) is 5.91 Å². The molecule has 0 aliphatic carbocycles. The fraction of sp³-hybridized carbons (Fsp3) is 0.800. The summed E-state index contributed by atoms with van der Waals surface area (Å²) in [6.07, 6.45) is 0. The lowest BCUT2D eigenvalue weighted by Gasteiger charge is -2.31. The number of carbonyl (C=O) groups excluding carboxylic acids is 2. The van der Waals surface area contributed by atoms with Crippen LogP contribution in [0.4, 0.5) is 4.79 Å². The van der Waals surface area contributed by atoms with Gasteiger partial charge in [0.05, 0.1) is 0 Å². The molecule has 0 saturated carbocycles. The Morgan fingerprint density at radius 2 is 2.00 bits per heavy atom. The van der Waals surface area contributed by atoms with E-state index in [4.69, 9.17) is 11.8 Å². The van der Waals surface area contributed by atoms with Crippen LogP contribution >= 0.6 is 11.8 Å². The van der Waals surface area contributed by atoms with E-state index >= 15 is 0 Å². The van der Waals surface area contributed by atoms with Crippen molar-refractivity contribution in [1.82, 2.24) is 14.6 Å². The van der Waals surface area contributed by atoms with Crippen molar-refractivity contribution >= 4 is 23.7 Å². The Bertz CT molecular complexity index is 301. The number of halogens is 1. The molecule has 0 spiro atoms. The van der Waals surface area contributed by atoms with Crippen molar-refractivity contribution in [1.29, 1.82) is 0 Å². The van der Waals surface area contributed by atoms with Crippen LogP contribution in [-0.4, -0.2) is 47.9 Å². The van der Waals surface area contributed by atoms with Crippen LogP contribution in [0.1, 0.15) is 20.8 Å². The predicted molar refractivity (Wildman–Crippen MR) is 62.0 cm³/mol. The third-order valence-corrected chi connectivity index (χ3v) is 3.04. The van der Waals surface area contributed by atoms with Crippen molar-refractivity contribution in [2.24, 2.45) is 5.41 Å². The largest absolute Gasteiger partial charge is 0.327 e. The van der Waals surface area contributed by atoms with Gasteiger partial charge in [0.1, 0.15) is 6.54 Å². The number of hydrogen-bond donors (Lipinski definition) is 1. The molecule has 0 aromatic rings. The Hall–Kier alpha value is -0.810. The van der Waals surface area contributed by atoms with Gasteiger partial charge in [0.25, 0.3) is 0 Å². The maximum Gasteiger partial charge on any atom is 0.327 e. The molecule has 1 aliphatic heterocycles. The molecule has 3 amide bonds. The van der Waals surface area contributed by atoms with Gasteiger partial charge in [-0.15, -0.1) is 0 Å². The van der Waals surface area contributed by atoms with Crippen LogP contribution in [0.15, 0.2) is 0 Å². The van der Waals surface area contributed by atoms with Crippen molar-refractivity contribution in [2.45, 2.75) is 26.8 Å². The van der Waals surface area contributed by atoms with Gasteiger partial charge in [-0.05, 0) is 17.2 Å². The first-order valence-electron chi connectivity index (χ1n) is 5.19. The van der Waals surface area contributed by atoms with E-state index in [0.717, 1.165) is 0 Å². The molecule has 1 atom stereocenters. The van der Waals surface area contributed by atoms with Gasteiger partial charge >= 0.3 is 6.03 Å². The number of hydrogen-bond acceptors (Lipinski definition) is 3. The summed E-state index contributed by atoms with van der Waals surface area (Å²) >= 11 is 5.65. The van der Waals surface area contributed by atoms with Gasteiger partial charge in [0, 0.05) is 19.6 Å². The molecular formula is C10H18ClN3O2. The van der Waals surface area contributed by atoms with E-state index in [9.17, 15) is 9.59 Å². The highest BCUT2D eigenvalue weighted by atomic mass is 35.5. The highest BCUT2D eigenvalue weighted by Crippen LogP contribution is 2.22. The van der Waals surface area contributed by atoms with Crippen LogP contribution in [0, 0.1) is 5.41 Å².